The summed E-state index contributed by atoms with van der Waals surface area (Å²) < 4.78 is 5.55. The van der Waals surface area contributed by atoms with Gasteiger partial charge in [-0.2, -0.15) is 0 Å². The molecule has 1 nitrogen and oxygen atoms in total. The summed E-state index contributed by atoms with van der Waals surface area (Å²) in [5.74, 6) is 0.538. The molecule has 1 aromatic rings. The average molecular weight is 264 g/mol. The molecule has 1 atom stereocenters. The average Bonchev–Trinajstić information content (AvgIpc) is 2.21. The molecule has 1 aromatic carbocycles. The Balaban J connectivity index is 2.56. The quantitative estimate of drug-likeness (QED) is 0.740. The highest BCUT2D eigenvalue weighted by atomic mass is 79.9. The van der Waals surface area contributed by atoms with Crippen molar-refractivity contribution in [2.75, 3.05) is 17.8 Å². The highest BCUT2D eigenvalue weighted by Crippen LogP contribution is 2.18. The molecule has 0 aliphatic heterocycles. The molecule has 0 radical (unpaired) electrons. The largest absolute Gasteiger partial charge is 0.371 e. The van der Waals surface area contributed by atoms with Gasteiger partial charge < -0.3 is 4.74 Å². The van der Waals surface area contributed by atoms with E-state index in [1.54, 1.807) is 0 Å². The third kappa shape index (κ3) is 3.67. The van der Waals surface area contributed by atoms with E-state index in [4.69, 9.17) is 16.3 Å². The molecule has 0 heterocycles. The lowest BCUT2D eigenvalue weighted by Crippen LogP contribution is -2.07. The number of hydrogen-bond donors (Lipinski definition) is 0. The van der Waals surface area contributed by atoms with Crippen molar-refractivity contribution >= 4 is 27.5 Å². The van der Waals surface area contributed by atoms with Crippen LogP contribution >= 0.6 is 27.5 Å². The number of alkyl halides is 2. The minimum absolute atomic E-state index is 0.111. The third-order valence-electron chi connectivity index (χ3n) is 1.71. The van der Waals surface area contributed by atoms with E-state index in [0.717, 1.165) is 5.33 Å². The SMILES string of the molecule is ClCCOC(CBr)c1ccccc1. The maximum Gasteiger partial charge on any atom is 0.0922 e. The normalized spacial score (nSPS) is 12.8. The highest BCUT2D eigenvalue weighted by molar-refractivity contribution is 9.09. The van der Waals surface area contributed by atoms with Crippen LogP contribution in [0.25, 0.3) is 0 Å². The van der Waals surface area contributed by atoms with Gasteiger partial charge in [-0.1, -0.05) is 46.3 Å². The van der Waals surface area contributed by atoms with Gasteiger partial charge in [0.15, 0.2) is 0 Å². The summed E-state index contributed by atoms with van der Waals surface area (Å²) in [4.78, 5) is 0. The van der Waals surface area contributed by atoms with Gasteiger partial charge in [-0.3, -0.25) is 0 Å². The monoisotopic (exact) mass is 262 g/mol. The van der Waals surface area contributed by atoms with Crippen molar-refractivity contribution in [1.82, 2.24) is 0 Å². The lowest BCUT2D eigenvalue weighted by atomic mass is 10.1. The number of halogens is 2. The summed E-state index contributed by atoms with van der Waals surface area (Å²) in [6.07, 6.45) is 0.111. The summed E-state index contributed by atoms with van der Waals surface area (Å²) in [6, 6.07) is 10.1. The Bertz CT molecular complexity index is 228. The van der Waals surface area contributed by atoms with Crippen LogP contribution in [0.5, 0.6) is 0 Å². The molecule has 1 unspecified atom stereocenters. The van der Waals surface area contributed by atoms with Crippen LogP contribution in [0.4, 0.5) is 0 Å². The van der Waals surface area contributed by atoms with Crippen molar-refractivity contribution in [2.24, 2.45) is 0 Å². The van der Waals surface area contributed by atoms with Crippen molar-refractivity contribution < 1.29 is 4.74 Å². The molecule has 0 bridgehead atoms. The number of ether oxygens (including phenoxy) is 1. The molecular formula is C10H12BrClO. The van der Waals surface area contributed by atoms with Crippen molar-refractivity contribution in [3.8, 4) is 0 Å². The van der Waals surface area contributed by atoms with Gasteiger partial charge in [-0.25, -0.2) is 0 Å². The maximum atomic E-state index is 5.55. The van der Waals surface area contributed by atoms with Gasteiger partial charge in [-0.05, 0) is 5.56 Å². The van der Waals surface area contributed by atoms with Crippen molar-refractivity contribution in [1.29, 1.82) is 0 Å². The van der Waals surface area contributed by atoms with E-state index in [-0.39, 0.29) is 6.10 Å². The van der Waals surface area contributed by atoms with Gasteiger partial charge in [0, 0.05) is 11.2 Å². The standard InChI is InChI=1S/C10H12BrClO/c11-8-10(13-7-6-12)9-4-2-1-3-5-9/h1-5,10H,6-8H2. The van der Waals surface area contributed by atoms with Crippen molar-refractivity contribution in [2.45, 2.75) is 6.10 Å². The minimum Gasteiger partial charge on any atom is -0.371 e. The minimum atomic E-state index is 0.111. The van der Waals surface area contributed by atoms with Gasteiger partial charge in [0.1, 0.15) is 0 Å². The first-order chi connectivity index (χ1) is 6.38. The fourth-order valence-electron chi connectivity index (χ4n) is 1.08. The van der Waals surface area contributed by atoms with Crippen LogP contribution in [0, 0.1) is 0 Å². The molecule has 0 saturated carbocycles. The smallest absolute Gasteiger partial charge is 0.0922 e. The molecule has 0 aromatic heterocycles. The second-order valence-electron chi connectivity index (χ2n) is 2.61. The topological polar surface area (TPSA) is 9.23 Å². The Morgan fingerprint density at radius 1 is 1.31 bits per heavy atom. The third-order valence-corrected chi connectivity index (χ3v) is 2.45. The maximum absolute atomic E-state index is 5.55. The first-order valence-electron chi connectivity index (χ1n) is 4.17. The fourth-order valence-corrected chi connectivity index (χ4v) is 1.73. The molecule has 0 N–H and O–H groups in total. The Labute approximate surface area is 92.2 Å². The molecule has 0 aliphatic rings. The molecule has 13 heavy (non-hydrogen) atoms. The molecule has 0 saturated heterocycles. The van der Waals surface area contributed by atoms with Crippen LogP contribution in [-0.4, -0.2) is 17.8 Å². The van der Waals surface area contributed by atoms with Crippen LogP contribution in [0.3, 0.4) is 0 Å². The zero-order valence-corrected chi connectivity index (χ0v) is 9.59. The van der Waals surface area contributed by atoms with E-state index in [9.17, 15) is 0 Å². The van der Waals surface area contributed by atoms with Crippen LogP contribution in [0.1, 0.15) is 11.7 Å². The molecule has 0 fully saturated rings. The van der Waals surface area contributed by atoms with E-state index < -0.39 is 0 Å². The van der Waals surface area contributed by atoms with Crippen LogP contribution in [0.15, 0.2) is 30.3 Å². The lowest BCUT2D eigenvalue weighted by molar-refractivity contribution is 0.0822. The van der Waals surface area contributed by atoms with E-state index in [1.165, 1.54) is 5.56 Å². The van der Waals surface area contributed by atoms with E-state index in [1.807, 2.05) is 18.2 Å². The van der Waals surface area contributed by atoms with Gasteiger partial charge in [0.05, 0.1) is 12.7 Å². The predicted molar refractivity (Wildman–Crippen MR) is 59.6 cm³/mol. The Morgan fingerprint density at radius 2 is 2.00 bits per heavy atom. The Hall–Kier alpha value is -0.0500. The van der Waals surface area contributed by atoms with E-state index in [2.05, 4.69) is 28.1 Å². The molecule has 0 aliphatic carbocycles. The number of hydrogen-bond acceptors (Lipinski definition) is 1. The first kappa shape index (κ1) is 11.0. The van der Waals surface area contributed by atoms with Crippen molar-refractivity contribution in [3.05, 3.63) is 35.9 Å². The molecule has 1 rings (SSSR count). The van der Waals surface area contributed by atoms with Gasteiger partial charge in [0.25, 0.3) is 0 Å². The lowest BCUT2D eigenvalue weighted by Gasteiger charge is -2.14. The highest BCUT2D eigenvalue weighted by Gasteiger charge is 2.08. The van der Waals surface area contributed by atoms with Crippen LogP contribution in [0.2, 0.25) is 0 Å². The van der Waals surface area contributed by atoms with Gasteiger partial charge in [-0.15, -0.1) is 11.6 Å². The van der Waals surface area contributed by atoms with E-state index in [0.29, 0.717) is 12.5 Å². The molecule has 0 amide bonds. The molecule has 72 valence electrons. The molecule has 3 heteroatoms. The Kier molecular flexibility index (Phi) is 5.44. The first-order valence-corrected chi connectivity index (χ1v) is 5.82. The fraction of sp³-hybridized carbons (Fsp3) is 0.400. The van der Waals surface area contributed by atoms with Crippen molar-refractivity contribution in [3.63, 3.8) is 0 Å². The van der Waals surface area contributed by atoms with Crippen LogP contribution < -0.4 is 0 Å². The zero-order valence-electron chi connectivity index (χ0n) is 7.25. The van der Waals surface area contributed by atoms with E-state index >= 15 is 0 Å². The molecular weight excluding hydrogens is 251 g/mol. The zero-order chi connectivity index (χ0) is 9.52. The summed E-state index contributed by atoms with van der Waals surface area (Å²) in [7, 11) is 0. The van der Waals surface area contributed by atoms with Crippen LogP contribution in [-0.2, 0) is 4.74 Å². The molecule has 0 spiro atoms. The van der Waals surface area contributed by atoms with Gasteiger partial charge in [0.2, 0.25) is 0 Å². The second-order valence-corrected chi connectivity index (χ2v) is 3.64. The summed E-state index contributed by atoms with van der Waals surface area (Å²) in [5.41, 5.74) is 1.18. The van der Waals surface area contributed by atoms with Gasteiger partial charge >= 0.3 is 0 Å². The number of rotatable bonds is 5. The second kappa shape index (κ2) is 6.41. The summed E-state index contributed by atoms with van der Waals surface area (Å²) in [5, 5.41) is 0.800. The summed E-state index contributed by atoms with van der Waals surface area (Å²) >= 11 is 8.96. The number of benzene rings is 1. The predicted octanol–water partition coefficient (Wildman–Crippen LogP) is 3.38. The Morgan fingerprint density at radius 3 is 2.54 bits per heavy atom. The summed E-state index contributed by atoms with van der Waals surface area (Å²) in [6.45, 7) is 0.590.